The van der Waals surface area contributed by atoms with Crippen molar-refractivity contribution < 1.29 is 0 Å². The average molecular weight is 168 g/mol. The van der Waals surface area contributed by atoms with E-state index in [0.29, 0.717) is 5.92 Å². The Hall–Kier alpha value is -0.260. The Kier molecular flexibility index (Phi) is 6.14. The van der Waals surface area contributed by atoms with Gasteiger partial charge >= 0.3 is 0 Å². The van der Waals surface area contributed by atoms with Crippen molar-refractivity contribution in [2.75, 3.05) is 0 Å². The van der Waals surface area contributed by atoms with E-state index in [4.69, 9.17) is 0 Å². The van der Waals surface area contributed by atoms with Gasteiger partial charge in [-0.1, -0.05) is 45.8 Å². The molecule has 0 spiro atoms. The smallest absolute Gasteiger partial charge is 0.0288 e. The molecule has 0 unspecified atom stereocenters. The molecule has 0 saturated carbocycles. The summed E-state index contributed by atoms with van der Waals surface area (Å²) in [5, 5.41) is 0. The molecule has 0 aromatic carbocycles. The first-order chi connectivity index (χ1) is 5.52. The highest BCUT2D eigenvalue weighted by Crippen LogP contribution is 2.13. The van der Waals surface area contributed by atoms with Crippen LogP contribution in [0.4, 0.5) is 0 Å². The SMILES string of the molecule is CC(=CC(C)C)CCCC(C)C. The Bertz CT molecular complexity index is 129. The van der Waals surface area contributed by atoms with Crippen LogP contribution in [0.1, 0.15) is 53.9 Å². The molecule has 0 rings (SSSR count). The molecular formula is C12H24. The Morgan fingerprint density at radius 1 is 1.17 bits per heavy atom. The lowest BCUT2D eigenvalue weighted by molar-refractivity contribution is 0.553. The Morgan fingerprint density at radius 2 is 1.75 bits per heavy atom. The van der Waals surface area contributed by atoms with E-state index in [2.05, 4.69) is 40.7 Å². The molecule has 0 heteroatoms. The van der Waals surface area contributed by atoms with Gasteiger partial charge in [-0.05, 0) is 31.6 Å². The minimum Gasteiger partial charge on any atom is -0.0830 e. The highest BCUT2D eigenvalue weighted by Gasteiger charge is 1.95. The summed E-state index contributed by atoms with van der Waals surface area (Å²) < 4.78 is 0. The lowest BCUT2D eigenvalue weighted by Crippen LogP contribution is -1.89. The van der Waals surface area contributed by atoms with Crippen LogP contribution < -0.4 is 0 Å². The van der Waals surface area contributed by atoms with Gasteiger partial charge in [-0.25, -0.2) is 0 Å². The maximum absolute atomic E-state index is 2.38. The van der Waals surface area contributed by atoms with Crippen LogP contribution in [0.2, 0.25) is 0 Å². The van der Waals surface area contributed by atoms with Crippen LogP contribution in [0.5, 0.6) is 0 Å². The molecule has 0 heterocycles. The molecular weight excluding hydrogens is 144 g/mol. The number of hydrogen-bond acceptors (Lipinski definition) is 0. The van der Waals surface area contributed by atoms with E-state index in [0.717, 1.165) is 5.92 Å². The van der Waals surface area contributed by atoms with E-state index in [1.54, 1.807) is 5.57 Å². The van der Waals surface area contributed by atoms with Crippen LogP contribution in [0.15, 0.2) is 11.6 Å². The van der Waals surface area contributed by atoms with Gasteiger partial charge in [-0.3, -0.25) is 0 Å². The number of rotatable bonds is 5. The molecule has 0 aromatic heterocycles. The second-order valence-electron chi connectivity index (χ2n) is 4.54. The lowest BCUT2D eigenvalue weighted by atomic mass is 10.0. The van der Waals surface area contributed by atoms with Crippen molar-refractivity contribution >= 4 is 0 Å². The first kappa shape index (κ1) is 11.7. The maximum atomic E-state index is 2.38. The van der Waals surface area contributed by atoms with E-state index in [-0.39, 0.29) is 0 Å². The third-order valence-corrected chi connectivity index (χ3v) is 1.97. The monoisotopic (exact) mass is 168 g/mol. The summed E-state index contributed by atoms with van der Waals surface area (Å²) in [6.07, 6.45) is 6.38. The van der Waals surface area contributed by atoms with Gasteiger partial charge in [-0.2, -0.15) is 0 Å². The third kappa shape index (κ3) is 7.84. The van der Waals surface area contributed by atoms with E-state index in [1.165, 1.54) is 19.3 Å². The van der Waals surface area contributed by atoms with Crippen molar-refractivity contribution in [3.05, 3.63) is 11.6 Å². The predicted molar refractivity (Wildman–Crippen MR) is 57.3 cm³/mol. The molecule has 0 aliphatic heterocycles. The molecule has 12 heavy (non-hydrogen) atoms. The molecule has 72 valence electrons. The first-order valence-corrected chi connectivity index (χ1v) is 5.19. The molecule has 0 bridgehead atoms. The highest BCUT2D eigenvalue weighted by atomic mass is 14.0. The summed E-state index contributed by atoms with van der Waals surface area (Å²) in [5.74, 6) is 1.57. The molecule has 0 atom stereocenters. The second kappa shape index (κ2) is 6.28. The van der Waals surface area contributed by atoms with Crippen molar-refractivity contribution in [3.8, 4) is 0 Å². The van der Waals surface area contributed by atoms with Crippen LogP contribution in [0.3, 0.4) is 0 Å². The molecule has 0 saturated heterocycles. The van der Waals surface area contributed by atoms with Gasteiger partial charge in [-0.15, -0.1) is 0 Å². The fourth-order valence-electron chi connectivity index (χ4n) is 1.44. The normalized spacial score (nSPS) is 13.1. The van der Waals surface area contributed by atoms with Crippen LogP contribution in [0.25, 0.3) is 0 Å². The van der Waals surface area contributed by atoms with E-state index >= 15 is 0 Å². The molecule has 0 amide bonds. The fourth-order valence-corrected chi connectivity index (χ4v) is 1.44. The second-order valence-corrected chi connectivity index (χ2v) is 4.54. The van der Waals surface area contributed by atoms with Gasteiger partial charge in [0.2, 0.25) is 0 Å². The molecule has 0 aliphatic rings. The van der Waals surface area contributed by atoms with Crippen LogP contribution in [-0.4, -0.2) is 0 Å². The molecule has 0 N–H and O–H groups in total. The fraction of sp³-hybridized carbons (Fsp3) is 0.833. The van der Waals surface area contributed by atoms with Crippen molar-refractivity contribution in [2.24, 2.45) is 11.8 Å². The summed E-state index contributed by atoms with van der Waals surface area (Å²) in [7, 11) is 0. The minimum atomic E-state index is 0.712. The topological polar surface area (TPSA) is 0 Å². The maximum Gasteiger partial charge on any atom is -0.0288 e. The van der Waals surface area contributed by atoms with E-state index in [1.807, 2.05) is 0 Å². The number of allylic oxidation sites excluding steroid dienone is 2. The van der Waals surface area contributed by atoms with Gasteiger partial charge in [0.25, 0.3) is 0 Å². The van der Waals surface area contributed by atoms with Crippen LogP contribution in [-0.2, 0) is 0 Å². The van der Waals surface area contributed by atoms with Crippen molar-refractivity contribution in [3.63, 3.8) is 0 Å². The molecule has 0 radical (unpaired) electrons. The van der Waals surface area contributed by atoms with E-state index < -0.39 is 0 Å². The summed E-state index contributed by atoms with van der Waals surface area (Å²) in [6.45, 7) is 11.3. The summed E-state index contributed by atoms with van der Waals surface area (Å²) >= 11 is 0. The summed E-state index contributed by atoms with van der Waals surface area (Å²) in [6, 6.07) is 0. The standard InChI is InChI=1S/C12H24/c1-10(2)7-6-8-12(5)9-11(3)4/h9-11H,6-8H2,1-5H3. The van der Waals surface area contributed by atoms with Crippen LogP contribution >= 0.6 is 0 Å². The van der Waals surface area contributed by atoms with Gasteiger partial charge < -0.3 is 0 Å². The Morgan fingerprint density at radius 3 is 2.17 bits per heavy atom. The zero-order valence-corrected chi connectivity index (χ0v) is 9.35. The van der Waals surface area contributed by atoms with Gasteiger partial charge in [0, 0.05) is 0 Å². The quantitative estimate of drug-likeness (QED) is 0.533. The molecule has 0 fully saturated rings. The highest BCUT2D eigenvalue weighted by molar-refractivity contribution is 4.99. The Labute approximate surface area is 78.1 Å². The minimum absolute atomic E-state index is 0.712. The lowest BCUT2D eigenvalue weighted by Gasteiger charge is -2.05. The summed E-state index contributed by atoms with van der Waals surface area (Å²) in [5.41, 5.74) is 1.56. The molecule has 0 aromatic rings. The van der Waals surface area contributed by atoms with Crippen molar-refractivity contribution in [1.82, 2.24) is 0 Å². The zero-order valence-electron chi connectivity index (χ0n) is 9.35. The number of hydrogen-bond donors (Lipinski definition) is 0. The predicted octanol–water partition coefficient (Wildman–Crippen LogP) is 4.42. The molecule has 0 nitrogen and oxygen atoms in total. The van der Waals surface area contributed by atoms with Crippen molar-refractivity contribution in [2.45, 2.75) is 53.9 Å². The largest absolute Gasteiger partial charge is 0.0830 e. The molecule has 0 aliphatic carbocycles. The van der Waals surface area contributed by atoms with E-state index in [9.17, 15) is 0 Å². The Balaban J connectivity index is 3.50. The van der Waals surface area contributed by atoms with Gasteiger partial charge in [0.05, 0.1) is 0 Å². The van der Waals surface area contributed by atoms with Crippen LogP contribution in [0, 0.1) is 11.8 Å². The third-order valence-electron chi connectivity index (χ3n) is 1.97. The average Bonchev–Trinajstić information content (AvgIpc) is 1.84. The first-order valence-electron chi connectivity index (χ1n) is 5.19. The van der Waals surface area contributed by atoms with Crippen molar-refractivity contribution in [1.29, 1.82) is 0 Å². The van der Waals surface area contributed by atoms with Gasteiger partial charge in [0.1, 0.15) is 0 Å². The van der Waals surface area contributed by atoms with Gasteiger partial charge in [0.15, 0.2) is 0 Å². The zero-order chi connectivity index (χ0) is 9.56. The summed E-state index contributed by atoms with van der Waals surface area (Å²) in [4.78, 5) is 0.